The summed E-state index contributed by atoms with van der Waals surface area (Å²) < 4.78 is 11.5. The van der Waals surface area contributed by atoms with E-state index in [1.165, 1.54) is 0 Å². The SMILES string of the molecule is Cc1ccccc1OCC(=O)Nc1cccc(C(=O)OC(c2ccccc2)c2ccccc2)c1. The van der Waals surface area contributed by atoms with Crippen molar-refractivity contribution < 1.29 is 19.1 Å². The van der Waals surface area contributed by atoms with Gasteiger partial charge in [-0.05, 0) is 47.9 Å². The Bertz CT molecular complexity index is 1220. The van der Waals surface area contributed by atoms with Gasteiger partial charge in [-0.3, -0.25) is 4.79 Å². The van der Waals surface area contributed by atoms with E-state index in [-0.39, 0.29) is 12.5 Å². The quantitative estimate of drug-likeness (QED) is 0.336. The summed E-state index contributed by atoms with van der Waals surface area (Å²) in [7, 11) is 0. The molecule has 0 aliphatic heterocycles. The normalized spacial score (nSPS) is 10.5. The summed E-state index contributed by atoms with van der Waals surface area (Å²) in [5.74, 6) is -0.145. The van der Waals surface area contributed by atoms with Crippen LogP contribution in [0.3, 0.4) is 0 Å². The van der Waals surface area contributed by atoms with Crippen molar-refractivity contribution in [3.05, 3.63) is 131 Å². The molecule has 5 nitrogen and oxygen atoms in total. The van der Waals surface area contributed by atoms with Crippen molar-refractivity contribution in [3.8, 4) is 5.75 Å². The number of carbonyl (C=O) groups excluding carboxylic acids is 2. The smallest absolute Gasteiger partial charge is 0.339 e. The van der Waals surface area contributed by atoms with Gasteiger partial charge in [0.15, 0.2) is 12.7 Å². The molecule has 0 bridgehead atoms. The lowest BCUT2D eigenvalue weighted by Gasteiger charge is -2.19. The highest BCUT2D eigenvalue weighted by atomic mass is 16.5. The zero-order chi connectivity index (χ0) is 23.8. The standard InChI is InChI=1S/C29H25NO4/c1-21-11-8-9-18-26(21)33-20-27(31)30-25-17-10-16-24(19-25)29(32)34-28(22-12-4-2-5-13-22)23-14-6-3-7-15-23/h2-19,28H,20H2,1H3,(H,30,31). The van der Waals surface area contributed by atoms with Crippen LogP contribution in [0.5, 0.6) is 5.75 Å². The molecule has 0 atom stereocenters. The molecule has 0 aliphatic rings. The first-order valence-electron chi connectivity index (χ1n) is 11.0. The Morgan fingerprint density at radius 3 is 2.03 bits per heavy atom. The van der Waals surface area contributed by atoms with E-state index in [2.05, 4.69) is 5.32 Å². The number of benzene rings is 4. The number of nitrogens with one attached hydrogen (secondary N) is 1. The molecule has 1 N–H and O–H groups in total. The predicted molar refractivity (Wildman–Crippen MR) is 132 cm³/mol. The van der Waals surface area contributed by atoms with Crippen molar-refractivity contribution in [3.63, 3.8) is 0 Å². The first-order chi connectivity index (χ1) is 16.6. The third-order valence-corrected chi connectivity index (χ3v) is 5.26. The lowest BCUT2D eigenvalue weighted by atomic mass is 10.0. The van der Waals surface area contributed by atoms with Crippen LogP contribution in [0.4, 0.5) is 5.69 Å². The number of aryl methyl sites for hydroxylation is 1. The molecule has 0 saturated carbocycles. The van der Waals surface area contributed by atoms with Crippen LogP contribution in [0.25, 0.3) is 0 Å². The Hall–Kier alpha value is -4.38. The average molecular weight is 452 g/mol. The van der Waals surface area contributed by atoms with E-state index in [9.17, 15) is 9.59 Å². The van der Waals surface area contributed by atoms with Crippen LogP contribution in [0.1, 0.15) is 33.2 Å². The van der Waals surface area contributed by atoms with Crippen LogP contribution in [-0.4, -0.2) is 18.5 Å². The Kier molecular flexibility index (Phi) is 7.35. The Labute approximate surface area is 199 Å². The molecular weight excluding hydrogens is 426 g/mol. The average Bonchev–Trinajstić information content (AvgIpc) is 2.88. The zero-order valence-electron chi connectivity index (χ0n) is 18.8. The number of rotatable bonds is 8. The van der Waals surface area contributed by atoms with Crippen molar-refractivity contribution in [2.75, 3.05) is 11.9 Å². The molecule has 0 radical (unpaired) electrons. The summed E-state index contributed by atoms with van der Waals surface area (Å²) in [6.45, 7) is 1.78. The highest BCUT2D eigenvalue weighted by Gasteiger charge is 2.20. The van der Waals surface area contributed by atoms with E-state index in [0.29, 0.717) is 17.0 Å². The third kappa shape index (κ3) is 5.90. The number of hydrogen-bond donors (Lipinski definition) is 1. The molecule has 0 fully saturated rings. The van der Waals surface area contributed by atoms with Gasteiger partial charge in [0.05, 0.1) is 5.56 Å². The second-order valence-electron chi connectivity index (χ2n) is 7.79. The molecular formula is C29H25NO4. The van der Waals surface area contributed by atoms with E-state index in [0.717, 1.165) is 16.7 Å². The fourth-order valence-corrected chi connectivity index (χ4v) is 3.54. The molecule has 0 unspecified atom stereocenters. The predicted octanol–water partition coefficient (Wildman–Crippen LogP) is 5.96. The van der Waals surface area contributed by atoms with E-state index in [4.69, 9.17) is 9.47 Å². The summed E-state index contributed by atoms with van der Waals surface area (Å²) in [4.78, 5) is 25.4. The lowest BCUT2D eigenvalue weighted by molar-refractivity contribution is -0.118. The Morgan fingerprint density at radius 1 is 0.765 bits per heavy atom. The van der Waals surface area contributed by atoms with Crippen LogP contribution >= 0.6 is 0 Å². The Balaban J connectivity index is 1.44. The topological polar surface area (TPSA) is 64.6 Å². The van der Waals surface area contributed by atoms with E-state index in [1.54, 1.807) is 24.3 Å². The van der Waals surface area contributed by atoms with E-state index in [1.807, 2.05) is 91.9 Å². The number of ether oxygens (including phenoxy) is 2. The minimum absolute atomic E-state index is 0.135. The Morgan fingerprint density at radius 2 is 1.38 bits per heavy atom. The number of hydrogen-bond acceptors (Lipinski definition) is 4. The van der Waals surface area contributed by atoms with Gasteiger partial charge in [-0.2, -0.15) is 0 Å². The number of anilines is 1. The molecule has 34 heavy (non-hydrogen) atoms. The molecule has 4 rings (SSSR count). The van der Waals surface area contributed by atoms with Gasteiger partial charge in [-0.25, -0.2) is 4.79 Å². The highest BCUT2D eigenvalue weighted by Crippen LogP contribution is 2.27. The second-order valence-corrected chi connectivity index (χ2v) is 7.79. The largest absolute Gasteiger partial charge is 0.483 e. The fraction of sp³-hybridized carbons (Fsp3) is 0.103. The van der Waals surface area contributed by atoms with Crippen LogP contribution in [0.15, 0.2) is 109 Å². The van der Waals surface area contributed by atoms with E-state index < -0.39 is 12.1 Å². The van der Waals surface area contributed by atoms with Crippen LogP contribution in [0, 0.1) is 6.92 Å². The van der Waals surface area contributed by atoms with Gasteiger partial charge in [0.2, 0.25) is 0 Å². The van der Waals surface area contributed by atoms with Gasteiger partial charge in [0.25, 0.3) is 5.91 Å². The maximum atomic E-state index is 13.0. The molecule has 0 heterocycles. The maximum Gasteiger partial charge on any atom is 0.339 e. The third-order valence-electron chi connectivity index (χ3n) is 5.26. The zero-order valence-corrected chi connectivity index (χ0v) is 18.8. The monoisotopic (exact) mass is 451 g/mol. The first-order valence-corrected chi connectivity index (χ1v) is 11.0. The van der Waals surface area contributed by atoms with E-state index >= 15 is 0 Å². The summed E-state index contributed by atoms with van der Waals surface area (Å²) in [6, 6.07) is 33.4. The van der Waals surface area contributed by atoms with Crippen molar-refractivity contribution in [2.45, 2.75) is 13.0 Å². The van der Waals surface area contributed by atoms with Gasteiger partial charge in [0, 0.05) is 5.69 Å². The van der Waals surface area contributed by atoms with Crippen LogP contribution in [0.2, 0.25) is 0 Å². The van der Waals surface area contributed by atoms with Crippen molar-refractivity contribution in [2.24, 2.45) is 0 Å². The van der Waals surface area contributed by atoms with Crippen molar-refractivity contribution in [1.29, 1.82) is 0 Å². The van der Waals surface area contributed by atoms with Crippen LogP contribution < -0.4 is 10.1 Å². The molecule has 1 amide bonds. The minimum atomic E-state index is -0.546. The van der Waals surface area contributed by atoms with Crippen molar-refractivity contribution >= 4 is 17.6 Å². The molecule has 4 aromatic rings. The molecule has 5 heteroatoms. The molecule has 170 valence electrons. The fourth-order valence-electron chi connectivity index (χ4n) is 3.54. The molecule has 4 aromatic carbocycles. The minimum Gasteiger partial charge on any atom is -0.483 e. The molecule has 0 aliphatic carbocycles. The first kappa shape index (κ1) is 22.8. The summed E-state index contributed by atoms with van der Waals surface area (Å²) in [6.07, 6.45) is -0.546. The highest BCUT2D eigenvalue weighted by molar-refractivity contribution is 5.95. The number of carbonyl (C=O) groups is 2. The summed E-state index contributed by atoms with van der Waals surface area (Å²) >= 11 is 0. The number of para-hydroxylation sites is 1. The number of esters is 1. The van der Waals surface area contributed by atoms with Gasteiger partial charge in [-0.15, -0.1) is 0 Å². The van der Waals surface area contributed by atoms with Gasteiger partial charge >= 0.3 is 5.97 Å². The molecule has 0 spiro atoms. The molecule has 0 saturated heterocycles. The van der Waals surface area contributed by atoms with Gasteiger partial charge in [0.1, 0.15) is 5.75 Å². The number of amides is 1. The summed E-state index contributed by atoms with van der Waals surface area (Å²) in [5, 5.41) is 2.77. The van der Waals surface area contributed by atoms with Gasteiger partial charge < -0.3 is 14.8 Å². The lowest BCUT2D eigenvalue weighted by Crippen LogP contribution is -2.20. The van der Waals surface area contributed by atoms with Crippen molar-refractivity contribution in [1.82, 2.24) is 0 Å². The summed E-state index contributed by atoms with van der Waals surface area (Å²) in [5.41, 5.74) is 3.53. The van der Waals surface area contributed by atoms with Crippen LogP contribution in [-0.2, 0) is 9.53 Å². The van der Waals surface area contributed by atoms with Gasteiger partial charge in [-0.1, -0.05) is 84.9 Å². The second kappa shape index (κ2) is 11.0. The maximum absolute atomic E-state index is 13.0. The molecule has 0 aromatic heterocycles.